The highest BCUT2D eigenvalue weighted by atomic mass is 35.5. The summed E-state index contributed by atoms with van der Waals surface area (Å²) < 4.78 is 5.20. The van der Waals surface area contributed by atoms with Gasteiger partial charge in [0.15, 0.2) is 0 Å². The average Bonchev–Trinajstić information content (AvgIpc) is 2.86. The molecule has 0 atom stereocenters. The van der Waals surface area contributed by atoms with Crippen LogP contribution >= 0.6 is 11.6 Å². The molecule has 1 saturated heterocycles. The second-order valence-electron chi connectivity index (χ2n) is 7.82. The number of anilines is 3. The number of carbonyl (C=O) groups is 2. The van der Waals surface area contributed by atoms with Gasteiger partial charge in [-0.2, -0.15) is 0 Å². The lowest BCUT2D eigenvalue weighted by Gasteiger charge is -2.31. The second kappa shape index (κ2) is 10.4. The van der Waals surface area contributed by atoms with Crippen LogP contribution in [0.25, 0.3) is 0 Å². The first-order valence-corrected chi connectivity index (χ1v) is 11.1. The van der Waals surface area contributed by atoms with Crippen molar-refractivity contribution in [2.45, 2.75) is 12.8 Å². The topological polar surface area (TPSA) is 83.6 Å². The zero-order chi connectivity index (χ0) is 23.2. The van der Waals surface area contributed by atoms with E-state index in [0.717, 1.165) is 17.1 Å². The summed E-state index contributed by atoms with van der Waals surface area (Å²) in [6, 6.07) is 18.3. The summed E-state index contributed by atoms with van der Waals surface area (Å²) in [6.07, 6.45) is 2.69. The minimum absolute atomic E-state index is 0.0511. The molecule has 2 aromatic carbocycles. The van der Waals surface area contributed by atoms with Gasteiger partial charge in [-0.25, -0.2) is 4.98 Å². The van der Waals surface area contributed by atoms with E-state index < -0.39 is 0 Å². The van der Waals surface area contributed by atoms with Crippen LogP contribution in [-0.2, 0) is 4.79 Å². The summed E-state index contributed by atoms with van der Waals surface area (Å²) in [6.45, 7) is 1.03. The Morgan fingerprint density at radius 3 is 2.42 bits per heavy atom. The van der Waals surface area contributed by atoms with E-state index in [1.54, 1.807) is 24.1 Å². The molecule has 7 nitrogen and oxygen atoms in total. The number of likely N-dealkylation sites (tertiary alicyclic amines) is 1. The van der Waals surface area contributed by atoms with Crippen LogP contribution < -0.4 is 15.4 Å². The molecule has 8 heteroatoms. The molecule has 1 aliphatic rings. The van der Waals surface area contributed by atoms with Gasteiger partial charge in [-0.3, -0.25) is 9.59 Å². The summed E-state index contributed by atoms with van der Waals surface area (Å²) in [5.74, 6) is 0.938. The molecule has 0 spiro atoms. The number of aromatic nitrogens is 1. The zero-order valence-corrected chi connectivity index (χ0v) is 19.0. The Balaban J connectivity index is 1.37. The summed E-state index contributed by atoms with van der Waals surface area (Å²) in [4.78, 5) is 31.8. The van der Waals surface area contributed by atoms with Crippen molar-refractivity contribution in [3.8, 4) is 5.75 Å². The van der Waals surface area contributed by atoms with Crippen molar-refractivity contribution >= 4 is 40.6 Å². The molecule has 2 heterocycles. The molecule has 4 rings (SSSR count). The Bertz CT molecular complexity index is 1110. The lowest BCUT2D eigenvalue weighted by molar-refractivity contribution is -0.121. The van der Waals surface area contributed by atoms with Crippen LogP contribution in [0.5, 0.6) is 5.75 Å². The third-order valence-electron chi connectivity index (χ3n) is 5.66. The molecule has 1 aliphatic heterocycles. The number of nitrogens with one attached hydrogen (secondary N) is 2. The van der Waals surface area contributed by atoms with Crippen molar-refractivity contribution in [1.29, 1.82) is 0 Å². The molecule has 0 unspecified atom stereocenters. The third kappa shape index (κ3) is 5.62. The van der Waals surface area contributed by atoms with Crippen LogP contribution in [0.15, 0.2) is 66.9 Å². The van der Waals surface area contributed by atoms with Gasteiger partial charge >= 0.3 is 0 Å². The normalized spacial score (nSPS) is 13.9. The third-order valence-corrected chi connectivity index (χ3v) is 5.88. The number of hydrogen-bond acceptors (Lipinski definition) is 5. The number of hydrogen-bond donors (Lipinski definition) is 2. The van der Waals surface area contributed by atoms with Crippen molar-refractivity contribution < 1.29 is 14.3 Å². The molecule has 33 heavy (non-hydrogen) atoms. The Kier molecular flexibility index (Phi) is 7.10. The lowest BCUT2D eigenvalue weighted by Crippen LogP contribution is -2.41. The van der Waals surface area contributed by atoms with Crippen LogP contribution in [0.3, 0.4) is 0 Å². The minimum atomic E-state index is -0.167. The number of carbonyl (C=O) groups excluding carboxylic acids is 2. The monoisotopic (exact) mass is 464 g/mol. The first kappa shape index (κ1) is 22.6. The quantitative estimate of drug-likeness (QED) is 0.537. The van der Waals surface area contributed by atoms with E-state index in [0.29, 0.717) is 42.3 Å². The van der Waals surface area contributed by atoms with E-state index in [4.69, 9.17) is 16.3 Å². The molecule has 2 N–H and O–H groups in total. The van der Waals surface area contributed by atoms with Crippen molar-refractivity contribution in [2.24, 2.45) is 5.92 Å². The highest BCUT2D eigenvalue weighted by Gasteiger charge is 2.29. The molecule has 170 valence electrons. The summed E-state index contributed by atoms with van der Waals surface area (Å²) in [7, 11) is 1.62. The average molecular weight is 465 g/mol. The molecule has 0 saturated carbocycles. The molecule has 0 aliphatic carbocycles. The number of piperidine rings is 1. The Hall–Kier alpha value is -3.58. The van der Waals surface area contributed by atoms with Crippen molar-refractivity contribution in [3.05, 3.63) is 77.4 Å². The minimum Gasteiger partial charge on any atom is -0.497 e. The van der Waals surface area contributed by atoms with Gasteiger partial charge in [-0.1, -0.05) is 23.7 Å². The molecule has 1 fully saturated rings. The van der Waals surface area contributed by atoms with Crippen molar-refractivity contribution in [2.75, 3.05) is 30.8 Å². The van der Waals surface area contributed by atoms with Gasteiger partial charge in [0.1, 0.15) is 11.6 Å². The van der Waals surface area contributed by atoms with Gasteiger partial charge < -0.3 is 20.3 Å². The van der Waals surface area contributed by atoms with Gasteiger partial charge in [0.05, 0.1) is 23.4 Å². The van der Waals surface area contributed by atoms with Gasteiger partial charge in [0.25, 0.3) is 5.91 Å². The largest absolute Gasteiger partial charge is 0.497 e. The van der Waals surface area contributed by atoms with Gasteiger partial charge in [-0.15, -0.1) is 0 Å². The molecule has 1 aromatic heterocycles. The predicted octanol–water partition coefficient (Wildman–Crippen LogP) is 4.98. The lowest BCUT2D eigenvalue weighted by atomic mass is 9.95. The van der Waals surface area contributed by atoms with Gasteiger partial charge in [0, 0.05) is 30.9 Å². The van der Waals surface area contributed by atoms with E-state index >= 15 is 0 Å². The van der Waals surface area contributed by atoms with Crippen LogP contribution in [0.4, 0.5) is 17.2 Å². The fraction of sp³-hybridized carbons (Fsp3) is 0.240. The maximum Gasteiger partial charge on any atom is 0.255 e. The number of amides is 2. The van der Waals surface area contributed by atoms with E-state index in [1.807, 2.05) is 48.5 Å². The van der Waals surface area contributed by atoms with E-state index in [9.17, 15) is 9.59 Å². The maximum atomic E-state index is 13.3. The first-order valence-electron chi connectivity index (χ1n) is 10.8. The number of pyridine rings is 1. The molecule has 3 aromatic rings. The number of nitrogens with zero attached hydrogens (tertiary/aromatic N) is 2. The van der Waals surface area contributed by atoms with Crippen LogP contribution in [0, 0.1) is 5.92 Å². The smallest absolute Gasteiger partial charge is 0.255 e. The summed E-state index contributed by atoms with van der Waals surface area (Å²) in [5.41, 5.74) is 2.20. The number of ether oxygens (including phenoxy) is 1. The van der Waals surface area contributed by atoms with E-state index in [-0.39, 0.29) is 17.7 Å². The zero-order valence-electron chi connectivity index (χ0n) is 18.3. The molecular weight excluding hydrogens is 440 g/mol. The van der Waals surface area contributed by atoms with Crippen LogP contribution in [0.2, 0.25) is 5.02 Å². The fourth-order valence-corrected chi connectivity index (χ4v) is 3.91. The van der Waals surface area contributed by atoms with Gasteiger partial charge in [-0.05, 0) is 61.4 Å². The van der Waals surface area contributed by atoms with Crippen molar-refractivity contribution in [3.63, 3.8) is 0 Å². The highest BCUT2D eigenvalue weighted by molar-refractivity contribution is 6.30. The fourth-order valence-electron chi connectivity index (χ4n) is 3.80. The maximum absolute atomic E-state index is 13.3. The molecule has 0 radical (unpaired) electrons. The Morgan fingerprint density at radius 1 is 1.03 bits per heavy atom. The van der Waals surface area contributed by atoms with E-state index in [1.165, 1.54) is 6.20 Å². The predicted molar refractivity (Wildman–Crippen MR) is 129 cm³/mol. The number of halogens is 1. The number of methoxy groups -OCH3 is 1. The molecular formula is C25H25ClN4O3. The van der Waals surface area contributed by atoms with Gasteiger partial charge in [0.2, 0.25) is 5.91 Å². The second-order valence-corrected chi connectivity index (χ2v) is 8.25. The van der Waals surface area contributed by atoms with Crippen LogP contribution in [0.1, 0.15) is 23.2 Å². The summed E-state index contributed by atoms with van der Waals surface area (Å²) in [5, 5.41) is 6.66. The molecule has 2 amide bonds. The number of benzene rings is 2. The van der Waals surface area contributed by atoms with E-state index in [2.05, 4.69) is 15.6 Å². The first-order chi connectivity index (χ1) is 16.0. The molecule has 0 bridgehead atoms. The summed E-state index contributed by atoms with van der Waals surface area (Å²) >= 11 is 5.84. The Labute approximate surface area is 197 Å². The standard InChI is InChI=1S/C25H25ClN4O3/c1-33-20-9-7-19(8-10-20)28-22-5-3-2-4-21(22)25(32)30-14-12-17(13-15-30)24(31)29-23-11-6-18(26)16-27-23/h2-11,16-17,28H,12-15H2,1H3,(H,27,29,31). The SMILES string of the molecule is COc1ccc(Nc2ccccc2C(=O)N2CCC(C(=O)Nc3ccc(Cl)cn3)CC2)cc1. The number of rotatable bonds is 6. The highest BCUT2D eigenvalue weighted by Crippen LogP contribution is 2.26. The van der Waals surface area contributed by atoms with Crippen LogP contribution in [-0.4, -0.2) is 41.9 Å². The van der Waals surface area contributed by atoms with Crippen molar-refractivity contribution in [1.82, 2.24) is 9.88 Å². The number of para-hydroxylation sites is 1. The Morgan fingerprint density at radius 2 is 1.76 bits per heavy atom.